The van der Waals surface area contributed by atoms with Crippen molar-refractivity contribution in [3.63, 3.8) is 0 Å². The summed E-state index contributed by atoms with van der Waals surface area (Å²) < 4.78 is 2.11. The summed E-state index contributed by atoms with van der Waals surface area (Å²) in [7, 11) is 0. The van der Waals surface area contributed by atoms with Gasteiger partial charge >= 0.3 is 0 Å². The lowest BCUT2D eigenvalue weighted by Gasteiger charge is -2.21. The van der Waals surface area contributed by atoms with Crippen molar-refractivity contribution in [3.05, 3.63) is 52.8 Å². The Bertz CT molecular complexity index is 887. The number of nitrogens with zero attached hydrogens (tertiary/aromatic N) is 3. The van der Waals surface area contributed by atoms with Gasteiger partial charge in [0.05, 0.1) is 18.2 Å². The molecule has 0 spiro atoms. The lowest BCUT2D eigenvalue weighted by Crippen LogP contribution is -2.35. The number of hydrogen-bond donors (Lipinski definition) is 0. The van der Waals surface area contributed by atoms with Crippen molar-refractivity contribution >= 4 is 5.78 Å². The van der Waals surface area contributed by atoms with Gasteiger partial charge in [-0.05, 0) is 69.4 Å². The molecule has 3 atom stereocenters. The Balaban J connectivity index is 1.60. The molecular weight excluding hydrogens is 322 g/mol. The fraction of sp³-hybridized carbons (Fsp3) is 0.455. The Morgan fingerprint density at radius 2 is 1.96 bits per heavy atom. The van der Waals surface area contributed by atoms with Crippen LogP contribution in [0.25, 0.3) is 5.69 Å². The zero-order valence-electron chi connectivity index (χ0n) is 15.7. The first-order valence-corrected chi connectivity index (χ1v) is 9.48. The molecule has 0 saturated carbocycles. The number of rotatable bonds is 4. The van der Waals surface area contributed by atoms with Gasteiger partial charge in [-0.2, -0.15) is 5.26 Å². The number of carbonyl (C=O) groups excluding carboxylic acids is 1. The van der Waals surface area contributed by atoms with Crippen LogP contribution in [0, 0.1) is 31.1 Å². The maximum absolute atomic E-state index is 13.0. The van der Waals surface area contributed by atoms with Gasteiger partial charge in [-0.15, -0.1) is 0 Å². The first-order chi connectivity index (χ1) is 12.5. The molecule has 0 amide bonds. The molecule has 0 unspecified atom stereocenters. The largest absolute Gasteiger partial charge is 0.318 e. The maximum Gasteiger partial charge on any atom is 0.178 e. The van der Waals surface area contributed by atoms with Crippen LogP contribution in [-0.2, 0) is 0 Å². The summed E-state index contributed by atoms with van der Waals surface area (Å²) in [4.78, 5) is 15.5. The molecule has 26 heavy (non-hydrogen) atoms. The molecule has 2 saturated heterocycles. The second kappa shape index (κ2) is 6.41. The van der Waals surface area contributed by atoms with Crippen LogP contribution in [-0.4, -0.2) is 33.9 Å². The number of hydrogen-bond acceptors (Lipinski definition) is 3. The molecule has 2 aliphatic heterocycles. The fourth-order valence-corrected chi connectivity index (χ4v) is 5.04. The van der Waals surface area contributed by atoms with E-state index in [1.54, 1.807) is 0 Å². The third kappa shape index (κ3) is 2.68. The van der Waals surface area contributed by atoms with E-state index in [2.05, 4.69) is 22.5 Å². The molecule has 1 aromatic heterocycles. The van der Waals surface area contributed by atoms with Crippen LogP contribution >= 0.6 is 0 Å². The molecule has 0 radical (unpaired) electrons. The average molecular weight is 347 g/mol. The van der Waals surface area contributed by atoms with Gasteiger partial charge in [0, 0.05) is 34.7 Å². The van der Waals surface area contributed by atoms with Crippen LogP contribution in [0.15, 0.2) is 30.3 Å². The Morgan fingerprint density at radius 3 is 2.54 bits per heavy atom. The lowest BCUT2D eigenvalue weighted by atomic mass is 9.91. The molecule has 0 N–H and O–H groups in total. The van der Waals surface area contributed by atoms with E-state index in [4.69, 9.17) is 5.26 Å². The van der Waals surface area contributed by atoms with Gasteiger partial charge in [0.25, 0.3) is 0 Å². The molecule has 1 aromatic carbocycles. The molecule has 2 aliphatic rings. The van der Waals surface area contributed by atoms with Gasteiger partial charge in [0.2, 0.25) is 0 Å². The van der Waals surface area contributed by atoms with E-state index < -0.39 is 0 Å². The van der Waals surface area contributed by atoms with Crippen LogP contribution in [0.5, 0.6) is 0 Å². The highest BCUT2D eigenvalue weighted by Crippen LogP contribution is 2.41. The van der Waals surface area contributed by atoms with Gasteiger partial charge in [0.1, 0.15) is 0 Å². The van der Waals surface area contributed by atoms with Gasteiger partial charge in [-0.25, -0.2) is 0 Å². The molecule has 134 valence electrons. The van der Waals surface area contributed by atoms with Gasteiger partial charge in [0.15, 0.2) is 5.78 Å². The summed E-state index contributed by atoms with van der Waals surface area (Å²) in [5.74, 6) is 0.941. The first-order valence-electron chi connectivity index (χ1n) is 9.48. The summed E-state index contributed by atoms with van der Waals surface area (Å²) in [5.41, 5.74) is 4.50. The number of Topliss-reactive ketones (excluding diaryl/α,β-unsaturated/α-hetero) is 1. The molecule has 4 heteroatoms. The average Bonchev–Trinajstić information content (AvgIpc) is 3.25. The van der Waals surface area contributed by atoms with Crippen molar-refractivity contribution in [1.82, 2.24) is 9.47 Å². The number of aromatic nitrogens is 1. The standard InChI is InChI=1S/C22H25N3O/c1-14-10-19-8-9-21(14)24(19)13-22(26)20-11-15(2)25(16(20)3)18-6-4-17(12-23)5-7-18/h4-7,11,14,19,21H,8-10,13H2,1-3H3/t14-,19-,21+/m1/s1. The first kappa shape index (κ1) is 17.1. The second-order valence-corrected chi connectivity index (χ2v) is 7.89. The number of fused-ring (bicyclic) bond motifs is 2. The Morgan fingerprint density at radius 1 is 1.23 bits per heavy atom. The minimum atomic E-state index is 0.226. The summed E-state index contributed by atoms with van der Waals surface area (Å²) in [6, 6.07) is 12.9. The van der Waals surface area contributed by atoms with Crippen molar-refractivity contribution in [2.75, 3.05) is 6.54 Å². The van der Waals surface area contributed by atoms with Crippen LogP contribution in [0.4, 0.5) is 0 Å². The van der Waals surface area contributed by atoms with Crippen molar-refractivity contribution in [1.29, 1.82) is 5.26 Å². The predicted molar refractivity (Wildman–Crippen MR) is 102 cm³/mol. The van der Waals surface area contributed by atoms with Crippen LogP contribution in [0.1, 0.15) is 53.5 Å². The fourth-order valence-electron chi connectivity index (χ4n) is 5.04. The van der Waals surface area contributed by atoms with Gasteiger partial charge < -0.3 is 4.57 Å². The van der Waals surface area contributed by atoms with Crippen LogP contribution in [0.3, 0.4) is 0 Å². The van der Waals surface area contributed by atoms with Crippen molar-refractivity contribution in [2.24, 2.45) is 5.92 Å². The molecule has 4 nitrogen and oxygen atoms in total. The molecule has 4 rings (SSSR count). The number of carbonyl (C=O) groups is 1. The zero-order chi connectivity index (χ0) is 18.4. The molecule has 2 aromatic rings. The maximum atomic E-state index is 13.0. The highest BCUT2D eigenvalue weighted by atomic mass is 16.1. The quantitative estimate of drug-likeness (QED) is 0.785. The number of benzene rings is 1. The van der Waals surface area contributed by atoms with E-state index >= 15 is 0 Å². The topological polar surface area (TPSA) is 49.0 Å². The summed E-state index contributed by atoms with van der Waals surface area (Å²) in [5, 5.41) is 8.98. The molecular formula is C22H25N3O. The molecule has 3 heterocycles. The SMILES string of the molecule is Cc1cc(C(=O)CN2[C@@H]3CC[C@H]2[C@H](C)C3)c(C)n1-c1ccc(C#N)cc1. The minimum Gasteiger partial charge on any atom is -0.318 e. The van der Waals surface area contributed by atoms with E-state index in [0.717, 1.165) is 22.6 Å². The second-order valence-electron chi connectivity index (χ2n) is 7.89. The third-order valence-corrected chi connectivity index (χ3v) is 6.30. The molecule has 2 bridgehead atoms. The van der Waals surface area contributed by atoms with E-state index in [9.17, 15) is 4.79 Å². The van der Waals surface area contributed by atoms with E-state index in [1.165, 1.54) is 19.3 Å². The van der Waals surface area contributed by atoms with Crippen LogP contribution in [0.2, 0.25) is 0 Å². The van der Waals surface area contributed by atoms with Crippen molar-refractivity contribution in [2.45, 2.75) is 52.1 Å². The van der Waals surface area contributed by atoms with Gasteiger partial charge in [-0.1, -0.05) is 6.92 Å². The highest BCUT2D eigenvalue weighted by molar-refractivity contribution is 5.99. The van der Waals surface area contributed by atoms with Crippen molar-refractivity contribution < 1.29 is 4.79 Å². The molecule has 0 aliphatic carbocycles. The smallest absolute Gasteiger partial charge is 0.178 e. The lowest BCUT2D eigenvalue weighted by molar-refractivity contribution is 0.0913. The predicted octanol–water partition coefficient (Wildman–Crippen LogP) is 4.02. The van der Waals surface area contributed by atoms with Crippen molar-refractivity contribution in [3.8, 4) is 11.8 Å². The number of aryl methyl sites for hydroxylation is 1. The Kier molecular flexibility index (Phi) is 4.20. The minimum absolute atomic E-state index is 0.226. The van der Waals surface area contributed by atoms with E-state index in [-0.39, 0.29) is 5.78 Å². The number of nitriles is 1. The van der Waals surface area contributed by atoms with E-state index in [0.29, 0.717) is 30.1 Å². The monoisotopic (exact) mass is 347 g/mol. The van der Waals surface area contributed by atoms with E-state index in [1.807, 2.05) is 44.2 Å². The Hall–Kier alpha value is -2.38. The zero-order valence-corrected chi connectivity index (χ0v) is 15.7. The summed E-state index contributed by atoms with van der Waals surface area (Å²) in [6.45, 7) is 6.90. The summed E-state index contributed by atoms with van der Waals surface area (Å²) >= 11 is 0. The molecule has 2 fully saturated rings. The number of ketones is 1. The summed E-state index contributed by atoms with van der Waals surface area (Å²) in [6.07, 6.45) is 3.72. The highest BCUT2D eigenvalue weighted by Gasteiger charge is 2.44. The third-order valence-electron chi connectivity index (χ3n) is 6.30. The van der Waals surface area contributed by atoms with Crippen LogP contribution < -0.4 is 0 Å². The normalized spacial score (nSPS) is 24.8. The Labute approximate surface area is 155 Å². The van der Waals surface area contributed by atoms with Gasteiger partial charge in [-0.3, -0.25) is 9.69 Å².